The van der Waals surface area contributed by atoms with E-state index in [2.05, 4.69) is 4.98 Å². The predicted octanol–water partition coefficient (Wildman–Crippen LogP) is 1.09. The van der Waals surface area contributed by atoms with Gasteiger partial charge in [0.15, 0.2) is 0 Å². The zero-order chi connectivity index (χ0) is 14.9. The molecule has 0 saturated carbocycles. The summed E-state index contributed by atoms with van der Waals surface area (Å²) < 4.78 is 0. The van der Waals surface area contributed by atoms with Gasteiger partial charge in [-0.25, -0.2) is 4.79 Å². The van der Waals surface area contributed by atoms with E-state index in [0.29, 0.717) is 25.2 Å². The molecule has 2 aliphatic rings. The molecule has 2 N–H and O–H groups in total. The number of nitrogens with two attached hydrogens (primary N) is 1. The summed E-state index contributed by atoms with van der Waals surface area (Å²) in [4.78, 5) is 31.5. The van der Waals surface area contributed by atoms with E-state index >= 15 is 0 Å². The van der Waals surface area contributed by atoms with Crippen LogP contribution in [0.15, 0.2) is 24.5 Å². The topological polar surface area (TPSA) is 79.5 Å². The molecule has 6 heteroatoms. The standard InChI is InChI=1S/C15H20N4O2/c16-14(21)19-8-5-15(11-19)4-2-7-18(10-15)13(20)12-3-1-6-17-9-12/h1,3,6,9H,2,4-5,7-8,10-11H2,(H2,16,21). The summed E-state index contributed by atoms with van der Waals surface area (Å²) in [6.45, 7) is 2.83. The Bertz CT molecular complexity index is 548. The van der Waals surface area contributed by atoms with Crippen LogP contribution in [0.5, 0.6) is 0 Å². The number of likely N-dealkylation sites (tertiary alicyclic amines) is 2. The van der Waals surface area contributed by atoms with Gasteiger partial charge in [-0.3, -0.25) is 9.78 Å². The number of carbonyl (C=O) groups excluding carboxylic acids is 2. The summed E-state index contributed by atoms with van der Waals surface area (Å²) in [5.41, 5.74) is 6.01. The molecule has 0 aromatic carbocycles. The number of urea groups is 1. The van der Waals surface area contributed by atoms with Crippen LogP contribution >= 0.6 is 0 Å². The van der Waals surface area contributed by atoms with Crippen molar-refractivity contribution in [2.45, 2.75) is 19.3 Å². The number of nitrogens with zero attached hydrogens (tertiary/aromatic N) is 3. The number of aromatic nitrogens is 1. The van der Waals surface area contributed by atoms with E-state index in [-0.39, 0.29) is 17.4 Å². The van der Waals surface area contributed by atoms with Crippen molar-refractivity contribution in [3.8, 4) is 0 Å². The first-order valence-electron chi connectivity index (χ1n) is 7.33. The smallest absolute Gasteiger partial charge is 0.314 e. The average Bonchev–Trinajstić information content (AvgIpc) is 2.91. The van der Waals surface area contributed by atoms with Gasteiger partial charge in [0.05, 0.1) is 5.56 Å². The van der Waals surface area contributed by atoms with E-state index in [1.165, 1.54) is 0 Å². The second-order valence-electron chi connectivity index (χ2n) is 6.08. The Kier molecular flexibility index (Phi) is 3.53. The number of hydrogen-bond donors (Lipinski definition) is 1. The maximum Gasteiger partial charge on any atom is 0.314 e. The lowest BCUT2D eigenvalue weighted by molar-refractivity contribution is 0.0537. The molecule has 1 spiro atoms. The molecular formula is C15H20N4O2. The minimum Gasteiger partial charge on any atom is -0.351 e. The Hall–Kier alpha value is -2.11. The molecule has 2 aliphatic heterocycles. The Balaban J connectivity index is 1.72. The molecule has 1 aromatic rings. The fourth-order valence-electron chi connectivity index (χ4n) is 3.51. The van der Waals surface area contributed by atoms with Crippen LogP contribution in [0.3, 0.4) is 0 Å². The fourth-order valence-corrected chi connectivity index (χ4v) is 3.51. The quantitative estimate of drug-likeness (QED) is 0.840. The minimum atomic E-state index is -0.359. The third kappa shape index (κ3) is 2.70. The molecule has 1 unspecified atom stereocenters. The van der Waals surface area contributed by atoms with Gasteiger partial charge in [0.1, 0.15) is 0 Å². The minimum absolute atomic E-state index is 0.0190. The maximum atomic E-state index is 12.5. The predicted molar refractivity (Wildman–Crippen MR) is 77.6 cm³/mol. The van der Waals surface area contributed by atoms with Gasteiger partial charge in [-0.15, -0.1) is 0 Å². The van der Waals surface area contributed by atoms with Gasteiger partial charge in [0.25, 0.3) is 5.91 Å². The highest BCUT2D eigenvalue weighted by Crippen LogP contribution is 2.39. The summed E-state index contributed by atoms with van der Waals surface area (Å²) in [5, 5.41) is 0. The second kappa shape index (κ2) is 5.35. The highest BCUT2D eigenvalue weighted by Gasteiger charge is 2.43. The van der Waals surface area contributed by atoms with Crippen molar-refractivity contribution >= 4 is 11.9 Å². The van der Waals surface area contributed by atoms with Gasteiger partial charge in [0, 0.05) is 44.0 Å². The lowest BCUT2D eigenvalue weighted by atomic mass is 9.79. The average molecular weight is 288 g/mol. The molecule has 3 heterocycles. The van der Waals surface area contributed by atoms with Gasteiger partial charge in [-0.2, -0.15) is 0 Å². The number of carbonyl (C=O) groups is 2. The first kappa shape index (κ1) is 13.9. The summed E-state index contributed by atoms with van der Waals surface area (Å²) in [5.74, 6) is 0.0275. The molecule has 6 nitrogen and oxygen atoms in total. The number of primary amides is 1. The van der Waals surface area contributed by atoms with Crippen LogP contribution in [-0.4, -0.2) is 52.9 Å². The molecule has 21 heavy (non-hydrogen) atoms. The first-order valence-corrected chi connectivity index (χ1v) is 7.33. The summed E-state index contributed by atoms with van der Waals surface area (Å²) >= 11 is 0. The normalized spacial score (nSPS) is 25.3. The van der Waals surface area contributed by atoms with Crippen LogP contribution in [0.4, 0.5) is 4.79 Å². The first-order chi connectivity index (χ1) is 10.1. The molecule has 0 aliphatic carbocycles. The molecule has 112 valence electrons. The lowest BCUT2D eigenvalue weighted by Gasteiger charge is -2.40. The molecule has 3 amide bonds. The largest absolute Gasteiger partial charge is 0.351 e. The van der Waals surface area contributed by atoms with E-state index in [1.807, 2.05) is 4.90 Å². The van der Waals surface area contributed by atoms with Crippen molar-refractivity contribution < 1.29 is 9.59 Å². The van der Waals surface area contributed by atoms with E-state index in [4.69, 9.17) is 5.73 Å². The zero-order valence-electron chi connectivity index (χ0n) is 12.0. The molecule has 1 atom stereocenters. The van der Waals surface area contributed by atoms with E-state index in [9.17, 15) is 9.59 Å². The zero-order valence-corrected chi connectivity index (χ0v) is 12.0. The maximum absolute atomic E-state index is 12.5. The van der Waals surface area contributed by atoms with Crippen LogP contribution in [0.1, 0.15) is 29.6 Å². The monoisotopic (exact) mass is 288 g/mol. The Labute approximate surface area is 123 Å². The Morgan fingerprint density at radius 2 is 2.00 bits per heavy atom. The van der Waals surface area contributed by atoms with E-state index in [1.54, 1.807) is 29.4 Å². The SMILES string of the molecule is NC(=O)N1CCC2(CCCN(C(=O)c3cccnc3)C2)C1. The number of hydrogen-bond acceptors (Lipinski definition) is 3. The summed E-state index contributed by atoms with van der Waals surface area (Å²) in [6, 6.07) is 3.21. The van der Waals surface area contributed by atoms with Crippen molar-refractivity contribution in [1.29, 1.82) is 0 Å². The number of amides is 3. The van der Waals surface area contributed by atoms with Crippen LogP contribution in [0, 0.1) is 5.41 Å². The fraction of sp³-hybridized carbons (Fsp3) is 0.533. The molecular weight excluding hydrogens is 268 g/mol. The Morgan fingerprint density at radius 3 is 2.67 bits per heavy atom. The van der Waals surface area contributed by atoms with E-state index in [0.717, 1.165) is 25.8 Å². The number of piperidine rings is 1. The van der Waals surface area contributed by atoms with E-state index < -0.39 is 0 Å². The van der Waals surface area contributed by atoms with Crippen LogP contribution in [-0.2, 0) is 0 Å². The van der Waals surface area contributed by atoms with Crippen molar-refractivity contribution in [2.75, 3.05) is 26.2 Å². The highest BCUT2D eigenvalue weighted by atomic mass is 16.2. The van der Waals surface area contributed by atoms with Crippen LogP contribution in [0.25, 0.3) is 0 Å². The highest BCUT2D eigenvalue weighted by molar-refractivity contribution is 5.94. The van der Waals surface area contributed by atoms with Crippen molar-refractivity contribution in [1.82, 2.24) is 14.8 Å². The second-order valence-corrected chi connectivity index (χ2v) is 6.08. The Morgan fingerprint density at radius 1 is 1.19 bits per heavy atom. The van der Waals surface area contributed by atoms with Gasteiger partial charge >= 0.3 is 6.03 Å². The van der Waals surface area contributed by atoms with Gasteiger partial charge in [0.2, 0.25) is 0 Å². The molecule has 0 bridgehead atoms. The summed E-state index contributed by atoms with van der Waals surface area (Å²) in [6.07, 6.45) is 6.21. The van der Waals surface area contributed by atoms with Crippen molar-refractivity contribution in [3.05, 3.63) is 30.1 Å². The van der Waals surface area contributed by atoms with Crippen molar-refractivity contribution in [2.24, 2.45) is 11.1 Å². The molecule has 2 fully saturated rings. The molecule has 1 aromatic heterocycles. The number of rotatable bonds is 1. The third-order valence-electron chi connectivity index (χ3n) is 4.61. The molecule has 3 rings (SSSR count). The van der Waals surface area contributed by atoms with Crippen molar-refractivity contribution in [3.63, 3.8) is 0 Å². The third-order valence-corrected chi connectivity index (χ3v) is 4.61. The molecule has 2 saturated heterocycles. The summed E-state index contributed by atoms with van der Waals surface area (Å²) in [7, 11) is 0. The van der Waals surface area contributed by atoms with Gasteiger partial charge in [-0.05, 0) is 31.4 Å². The van der Waals surface area contributed by atoms with Gasteiger partial charge in [-0.1, -0.05) is 0 Å². The van der Waals surface area contributed by atoms with Crippen LogP contribution in [0.2, 0.25) is 0 Å². The number of pyridine rings is 1. The lowest BCUT2D eigenvalue weighted by Crippen LogP contribution is -2.48. The van der Waals surface area contributed by atoms with Gasteiger partial charge < -0.3 is 15.5 Å². The van der Waals surface area contributed by atoms with Crippen LogP contribution < -0.4 is 5.73 Å². The molecule has 0 radical (unpaired) electrons.